The van der Waals surface area contributed by atoms with Crippen molar-refractivity contribution in [3.63, 3.8) is 0 Å². The first-order chi connectivity index (χ1) is 10.2. The lowest BCUT2D eigenvalue weighted by Gasteiger charge is -2.15. The molecule has 6 heteroatoms. The average molecular weight is 291 g/mol. The molecule has 1 unspecified atom stereocenters. The van der Waals surface area contributed by atoms with Gasteiger partial charge in [-0.2, -0.15) is 5.10 Å². The van der Waals surface area contributed by atoms with E-state index in [1.807, 2.05) is 10.7 Å². The van der Waals surface area contributed by atoms with Crippen LogP contribution in [-0.4, -0.2) is 34.1 Å². The van der Waals surface area contributed by atoms with E-state index in [9.17, 15) is 5.11 Å². The molecule has 0 spiro atoms. The van der Waals surface area contributed by atoms with Crippen LogP contribution in [0.5, 0.6) is 11.5 Å². The van der Waals surface area contributed by atoms with Crippen LogP contribution in [0, 0.1) is 0 Å². The quantitative estimate of drug-likeness (QED) is 0.844. The van der Waals surface area contributed by atoms with Gasteiger partial charge in [0.15, 0.2) is 0 Å². The lowest BCUT2D eigenvalue weighted by atomic mass is 10.0. The van der Waals surface area contributed by atoms with Crippen molar-refractivity contribution < 1.29 is 14.6 Å². The number of methoxy groups -OCH3 is 2. The number of ether oxygens (including phenoxy) is 2. The second kappa shape index (κ2) is 7.08. The molecule has 1 aromatic carbocycles. The molecule has 0 saturated carbocycles. The van der Waals surface area contributed by atoms with E-state index in [2.05, 4.69) is 17.0 Å². The third-order valence-electron chi connectivity index (χ3n) is 3.31. The van der Waals surface area contributed by atoms with Crippen LogP contribution in [-0.2, 0) is 13.0 Å². The number of aliphatic hydroxyl groups is 1. The fraction of sp³-hybridized carbons (Fsp3) is 0.467. The first-order valence-electron chi connectivity index (χ1n) is 6.96. The number of rotatable bonds is 7. The topological polar surface area (TPSA) is 69.4 Å². The third-order valence-corrected chi connectivity index (χ3v) is 3.31. The Bertz CT molecular complexity index is 583. The molecule has 6 nitrogen and oxygen atoms in total. The van der Waals surface area contributed by atoms with Gasteiger partial charge in [-0.15, -0.1) is 0 Å². The van der Waals surface area contributed by atoms with Crippen LogP contribution in [0.4, 0.5) is 0 Å². The molecule has 2 rings (SSSR count). The Kier molecular flexibility index (Phi) is 5.16. The smallest absolute Gasteiger partial charge is 0.138 e. The van der Waals surface area contributed by atoms with Crippen LogP contribution in [0.2, 0.25) is 0 Å². The van der Waals surface area contributed by atoms with Crippen molar-refractivity contribution >= 4 is 0 Å². The van der Waals surface area contributed by atoms with Gasteiger partial charge in [-0.25, -0.2) is 4.98 Å². The Hall–Kier alpha value is -2.08. The molecular formula is C15H21N3O3. The van der Waals surface area contributed by atoms with E-state index < -0.39 is 6.10 Å². The minimum absolute atomic E-state index is 0.392. The van der Waals surface area contributed by atoms with E-state index in [1.54, 1.807) is 26.4 Å². The lowest BCUT2D eigenvalue weighted by molar-refractivity contribution is 0.169. The van der Waals surface area contributed by atoms with Crippen molar-refractivity contribution in [2.75, 3.05) is 14.2 Å². The van der Waals surface area contributed by atoms with Crippen LogP contribution < -0.4 is 9.47 Å². The van der Waals surface area contributed by atoms with E-state index in [1.165, 1.54) is 6.33 Å². The molecule has 1 heterocycles. The Balaban J connectivity index is 2.19. The predicted octanol–water partition coefficient (Wildman–Crippen LogP) is 1.98. The van der Waals surface area contributed by atoms with Crippen molar-refractivity contribution in [3.05, 3.63) is 35.9 Å². The minimum atomic E-state index is -0.703. The zero-order valence-corrected chi connectivity index (χ0v) is 12.6. The maximum absolute atomic E-state index is 10.5. The fourth-order valence-electron chi connectivity index (χ4n) is 2.22. The Morgan fingerprint density at radius 1 is 1.29 bits per heavy atom. The van der Waals surface area contributed by atoms with Crippen LogP contribution in [0.25, 0.3) is 0 Å². The number of aliphatic hydroxyl groups excluding tert-OH is 1. The van der Waals surface area contributed by atoms with E-state index in [-0.39, 0.29) is 0 Å². The first-order valence-corrected chi connectivity index (χ1v) is 6.96. The predicted molar refractivity (Wildman–Crippen MR) is 78.5 cm³/mol. The molecular weight excluding hydrogens is 270 g/mol. The van der Waals surface area contributed by atoms with Crippen LogP contribution in [0.15, 0.2) is 24.5 Å². The first kappa shape index (κ1) is 15.3. The number of nitrogens with zero attached hydrogens (tertiary/aromatic N) is 3. The van der Waals surface area contributed by atoms with Gasteiger partial charge >= 0.3 is 0 Å². The molecule has 0 saturated heterocycles. The number of hydrogen-bond acceptors (Lipinski definition) is 5. The van der Waals surface area contributed by atoms with Crippen molar-refractivity contribution in [2.24, 2.45) is 0 Å². The highest BCUT2D eigenvalue weighted by Crippen LogP contribution is 2.30. The molecule has 0 bridgehead atoms. The van der Waals surface area contributed by atoms with Gasteiger partial charge in [-0.3, -0.25) is 4.68 Å². The van der Waals surface area contributed by atoms with Gasteiger partial charge in [0, 0.05) is 24.6 Å². The summed E-state index contributed by atoms with van der Waals surface area (Å²) in [5, 5.41) is 14.6. The summed E-state index contributed by atoms with van der Waals surface area (Å²) in [5.74, 6) is 2.06. The van der Waals surface area contributed by atoms with E-state index >= 15 is 0 Å². The summed E-state index contributed by atoms with van der Waals surface area (Å²) in [4.78, 5) is 4.22. The zero-order valence-electron chi connectivity index (χ0n) is 12.6. The molecule has 0 fully saturated rings. The van der Waals surface area contributed by atoms with Crippen LogP contribution in [0.1, 0.15) is 30.8 Å². The molecule has 1 N–H and O–H groups in total. The normalized spacial score (nSPS) is 12.2. The van der Waals surface area contributed by atoms with Gasteiger partial charge in [-0.05, 0) is 18.6 Å². The third kappa shape index (κ3) is 3.52. The summed E-state index contributed by atoms with van der Waals surface area (Å²) in [5.41, 5.74) is 0.712. The Morgan fingerprint density at radius 3 is 2.76 bits per heavy atom. The van der Waals surface area contributed by atoms with Gasteiger partial charge in [0.2, 0.25) is 0 Å². The number of hydrogen-bond donors (Lipinski definition) is 1. The molecule has 1 aromatic heterocycles. The second-order valence-electron chi connectivity index (χ2n) is 4.73. The van der Waals surface area contributed by atoms with Crippen LogP contribution >= 0.6 is 0 Å². The summed E-state index contributed by atoms with van der Waals surface area (Å²) in [6, 6.07) is 5.37. The van der Waals surface area contributed by atoms with Crippen molar-refractivity contribution in [1.29, 1.82) is 0 Å². The average Bonchev–Trinajstić information content (AvgIpc) is 2.94. The SMILES string of the molecule is CCCn1ncnc1CC(O)c1ccc(OC)cc1OC. The molecule has 0 aliphatic rings. The van der Waals surface area contributed by atoms with Crippen molar-refractivity contribution in [1.82, 2.24) is 14.8 Å². The summed E-state index contributed by atoms with van der Waals surface area (Å²) in [7, 11) is 3.17. The molecule has 0 aliphatic carbocycles. The van der Waals surface area contributed by atoms with Gasteiger partial charge in [0.05, 0.1) is 20.3 Å². The lowest BCUT2D eigenvalue weighted by Crippen LogP contribution is -2.11. The van der Waals surface area contributed by atoms with Gasteiger partial charge in [0.1, 0.15) is 23.7 Å². The molecule has 21 heavy (non-hydrogen) atoms. The van der Waals surface area contributed by atoms with Gasteiger partial charge in [0.25, 0.3) is 0 Å². The Labute approximate surface area is 124 Å². The number of aromatic nitrogens is 3. The summed E-state index contributed by atoms with van der Waals surface area (Å²) in [6.07, 6.45) is 2.18. The maximum atomic E-state index is 10.5. The Morgan fingerprint density at radius 2 is 2.10 bits per heavy atom. The number of aryl methyl sites for hydroxylation is 1. The van der Waals surface area contributed by atoms with E-state index in [4.69, 9.17) is 9.47 Å². The molecule has 2 aromatic rings. The minimum Gasteiger partial charge on any atom is -0.497 e. The zero-order chi connectivity index (χ0) is 15.2. The van der Waals surface area contributed by atoms with Gasteiger partial charge in [-0.1, -0.05) is 6.92 Å². The number of benzene rings is 1. The van der Waals surface area contributed by atoms with E-state index in [0.29, 0.717) is 23.5 Å². The molecule has 1 atom stereocenters. The van der Waals surface area contributed by atoms with Crippen molar-refractivity contribution in [2.45, 2.75) is 32.4 Å². The monoisotopic (exact) mass is 291 g/mol. The maximum Gasteiger partial charge on any atom is 0.138 e. The standard InChI is InChI=1S/C15H21N3O3/c1-4-7-18-15(16-10-17-18)9-13(19)12-6-5-11(20-2)8-14(12)21-3/h5-6,8,10,13,19H,4,7,9H2,1-3H3. The highest BCUT2D eigenvalue weighted by Gasteiger charge is 2.17. The molecule has 114 valence electrons. The fourth-order valence-corrected chi connectivity index (χ4v) is 2.22. The second-order valence-corrected chi connectivity index (χ2v) is 4.73. The van der Waals surface area contributed by atoms with Gasteiger partial charge < -0.3 is 14.6 Å². The van der Waals surface area contributed by atoms with Crippen LogP contribution in [0.3, 0.4) is 0 Å². The molecule has 0 aliphatic heterocycles. The summed E-state index contributed by atoms with van der Waals surface area (Å²) in [6.45, 7) is 2.87. The largest absolute Gasteiger partial charge is 0.497 e. The molecule has 0 radical (unpaired) electrons. The summed E-state index contributed by atoms with van der Waals surface area (Å²) < 4.78 is 12.3. The highest BCUT2D eigenvalue weighted by atomic mass is 16.5. The summed E-state index contributed by atoms with van der Waals surface area (Å²) >= 11 is 0. The molecule has 0 amide bonds. The van der Waals surface area contributed by atoms with E-state index in [0.717, 1.165) is 18.8 Å². The highest BCUT2D eigenvalue weighted by molar-refractivity contribution is 5.42. The van der Waals surface area contributed by atoms with Crippen molar-refractivity contribution in [3.8, 4) is 11.5 Å².